The molecule has 0 unspecified atom stereocenters. The lowest BCUT2D eigenvalue weighted by Crippen LogP contribution is -2.49. The van der Waals surface area contributed by atoms with Crippen molar-refractivity contribution in [3.8, 4) is 0 Å². The van der Waals surface area contributed by atoms with Crippen LogP contribution in [0.5, 0.6) is 0 Å². The summed E-state index contributed by atoms with van der Waals surface area (Å²) in [7, 11) is 0. The minimum Gasteiger partial charge on any atom is -0.467 e. The lowest BCUT2D eigenvalue weighted by molar-refractivity contribution is 0.0740. The van der Waals surface area contributed by atoms with E-state index in [-0.39, 0.29) is 29.7 Å². The molecule has 7 heteroatoms. The Morgan fingerprint density at radius 2 is 1.66 bits per heavy atom. The first-order valence-electron chi connectivity index (χ1n) is 9.57. The number of rotatable bonds is 5. The Morgan fingerprint density at radius 1 is 0.897 bits per heavy atom. The van der Waals surface area contributed by atoms with Crippen molar-refractivity contribution in [1.29, 1.82) is 0 Å². The molecule has 2 aromatic heterocycles. The van der Waals surface area contributed by atoms with Gasteiger partial charge in [0.1, 0.15) is 17.1 Å². The summed E-state index contributed by atoms with van der Waals surface area (Å²) in [6.45, 7) is 3.03. The molecule has 1 aliphatic heterocycles. The van der Waals surface area contributed by atoms with Crippen LogP contribution in [0.4, 0.5) is 5.69 Å². The maximum Gasteiger partial charge on any atom is 0.272 e. The Balaban J connectivity index is 1.36. The van der Waals surface area contributed by atoms with E-state index in [0.29, 0.717) is 18.8 Å². The first kappa shape index (κ1) is 18.7. The average molecular weight is 390 g/mol. The van der Waals surface area contributed by atoms with Gasteiger partial charge in [0.2, 0.25) is 0 Å². The number of furan rings is 1. The van der Waals surface area contributed by atoms with Crippen LogP contribution in [0, 0.1) is 0 Å². The minimum atomic E-state index is -0.343. The normalized spacial score (nSPS) is 13.9. The van der Waals surface area contributed by atoms with Gasteiger partial charge in [-0.1, -0.05) is 24.3 Å². The van der Waals surface area contributed by atoms with Gasteiger partial charge >= 0.3 is 0 Å². The summed E-state index contributed by atoms with van der Waals surface area (Å²) in [4.78, 5) is 33.5. The van der Waals surface area contributed by atoms with Crippen molar-refractivity contribution in [2.45, 2.75) is 6.54 Å². The van der Waals surface area contributed by atoms with Gasteiger partial charge in [0.05, 0.1) is 12.8 Å². The summed E-state index contributed by atoms with van der Waals surface area (Å²) in [6.07, 6.45) is 1.55. The number of nitrogens with one attached hydrogen (secondary N) is 1. The molecule has 1 N–H and O–H groups in total. The van der Waals surface area contributed by atoms with E-state index in [2.05, 4.69) is 27.3 Å². The number of carbonyl (C=O) groups is 2. The third-order valence-corrected chi connectivity index (χ3v) is 4.89. The van der Waals surface area contributed by atoms with Crippen LogP contribution in [-0.2, 0) is 6.54 Å². The van der Waals surface area contributed by atoms with Crippen LogP contribution in [0.15, 0.2) is 71.3 Å². The fourth-order valence-corrected chi connectivity index (χ4v) is 3.32. The SMILES string of the molecule is O=C(NCc1ccco1)c1cccc(C(=O)N2CCN(c3ccccc3)CC2)n1. The highest BCUT2D eigenvalue weighted by Gasteiger charge is 2.23. The van der Waals surface area contributed by atoms with Crippen LogP contribution in [0.25, 0.3) is 0 Å². The standard InChI is InChI=1S/C22H22N4O3/c27-21(23-16-18-8-5-15-29-18)19-9-4-10-20(24-19)22(28)26-13-11-25(12-14-26)17-6-2-1-3-7-17/h1-10,15H,11-14,16H2,(H,23,27). The molecule has 148 valence electrons. The molecule has 0 atom stereocenters. The second kappa shape index (κ2) is 8.60. The highest BCUT2D eigenvalue weighted by molar-refractivity contribution is 5.96. The summed E-state index contributed by atoms with van der Waals surface area (Å²) in [6, 6.07) is 18.6. The smallest absolute Gasteiger partial charge is 0.272 e. The number of piperazine rings is 1. The number of pyridine rings is 1. The monoisotopic (exact) mass is 390 g/mol. The van der Waals surface area contributed by atoms with Gasteiger partial charge in [-0.3, -0.25) is 9.59 Å². The lowest BCUT2D eigenvalue weighted by atomic mass is 10.2. The Morgan fingerprint density at radius 3 is 2.38 bits per heavy atom. The second-order valence-corrected chi connectivity index (χ2v) is 6.78. The molecular formula is C22H22N4O3. The van der Waals surface area contributed by atoms with Crippen molar-refractivity contribution in [1.82, 2.24) is 15.2 Å². The Hall–Kier alpha value is -3.61. The van der Waals surface area contributed by atoms with E-state index < -0.39 is 0 Å². The zero-order valence-electron chi connectivity index (χ0n) is 16.0. The zero-order valence-corrected chi connectivity index (χ0v) is 16.0. The number of hydrogen-bond acceptors (Lipinski definition) is 5. The molecule has 3 heterocycles. The number of hydrogen-bond donors (Lipinski definition) is 1. The van der Waals surface area contributed by atoms with E-state index in [1.165, 1.54) is 0 Å². The molecule has 0 spiro atoms. The molecular weight excluding hydrogens is 368 g/mol. The number of para-hydroxylation sites is 1. The highest BCUT2D eigenvalue weighted by atomic mass is 16.3. The molecule has 0 saturated carbocycles. The van der Waals surface area contributed by atoms with E-state index in [9.17, 15) is 9.59 Å². The quantitative estimate of drug-likeness (QED) is 0.724. The first-order valence-corrected chi connectivity index (χ1v) is 9.57. The Labute approximate surface area is 169 Å². The van der Waals surface area contributed by atoms with Crippen LogP contribution in [0.1, 0.15) is 26.7 Å². The van der Waals surface area contributed by atoms with Gasteiger partial charge < -0.3 is 19.5 Å². The van der Waals surface area contributed by atoms with E-state index in [0.717, 1.165) is 18.8 Å². The van der Waals surface area contributed by atoms with Crippen molar-refractivity contribution in [3.05, 3.63) is 84.1 Å². The van der Waals surface area contributed by atoms with Crippen LogP contribution in [-0.4, -0.2) is 47.9 Å². The molecule has 0 radical (unpaired) electrons. The average Bonchev–Trinajstić information content (AvgIpc) is 3.31. The molecule has 0 bridgehead atoms. The summed E-state index contributed by atoms with van der Waals surface area (Å²) in [5.41, 5.74) is 1.65. The van der Waals surface area contributed by atoms with Gasteiger partial charge in [-0.15, -0.1) is 0 Å². The summed E-state index contributed by atoms with van der Waals surface area (Å²) in [5, 5.41) is 2.74. The molecule has 1 aromatic carbocycles. The second-order valence-electron chi connectivity index (χ2n) is 6.78. The molecule has 1 saturated heterocycles. The molecule has 2 amide bonds. The molecule has 4 rings (SSSR count). The van der Waals surface area contributed by atoms with Gasteiger partial charge in [0, 0.05) is 31.9 Å². The summed E-state index contributed by atoms with van der Waals surface area (Å²) < 4.78 is 5.20. The third-order valence-electron chi connectivity index (χ3n) is 4.89. The van der Waals surface area contributed by atoms with Crippen molar-refractivity contribution >= 4 is 17.5 Å². The predicted octanol–water partition coefficient (Wildman–Crippen LogP) is 2.57. The van der Waals surface area contributed by atoms with Gasteiger partial charge in [-0.25, -0.2) is 4.98 Å². The first-order chi connectivity index (χ1) is 14.2. The molecule has 1 aliphatic rings. The van der Waals surface area contributed by atoms with E-state index in [1.807, 2.05) is 18.2 Å². The highest BCUT2D eigenvalue weighted by Crippen LogP contribution is 2.16. The Kier molecular flexibility index (Phi) is 5.56. The third kappa shape index (κ3) is 4.45. The number of nitrogens with zero attached hydrogens (tertiary/aromatic N) is 3. The van der Waals surface area contributed by atoms with E-state index >= 15 is 0 Å². The van der Waals surface area contributed by atoms with Crippen molar-refractivity contribution in [2.24, 2.45) is 0 Å². The van der Waals surface area contributed by atoms with Crippen LogP contribution in [0.3, 0.4) is 0 Å². The number of aromatic nitrogens is 1. The van der Waals surface area contributed by atoms with Crippen LogP contribution in [0.2, 0.25) is 0 Å². The molecule has 29 heavy (non-hydrogen) atoms. The molecule has 0 aliphatic carbocycles. The Bertz CT molecular complexity index is 965. The summed E-state index contributed by atoms with van der Waals surface area (Å²) in [5.74, 6) is 0.158. The topological polar surface area (TPSA) is 78.7 Å². The van der Waals surface area contributed by atoms with Crippen molar-refractivity contribution in [3.63, 3.8) is 0 Å². The predicted molar refractivity (Wildman–Crippen MR) is 109 cm³/mol. The maximum atomic E-state index is 12.9. The summed E-state index contributed by atoms with van der Waals surface area (Å²) >= 11 is 0. The minimum absolute atomic E-state index is 0.154. The zero-order chi connectivity index (χ0) is 20.1. The number of anilines is 1. The molecule has 7 nitrogen and oxygen atoms in total. The number of amides is 2. The van der Waals surface area contributed by atoms with Crippen molar-refractivity contribution < 1.29 is 14.0 Å². The van der Waals surface area contributed by atoms with Gasteiger partial charge in [0.15, 0.2) is 0 Å². The maximum absolute atomic E-state index is 12.9. The largest absolute Gasteiger partial charge is 0.467 e. The number of benzene rings is 1. The van der Waals surface area contributed by atoms with Gasteiger partial charge in [-0.05, 0) is 36.4 Å². The van der Waals surface area contributed by atoms with Crippen molar-refractivity contribution in [2.75, 3.05) is 31.1 Å². The fourth-order valence-electron chi connectivity index (χ4n) is 3.32. The van der Waals surface area contributed by atoms with Gasteiger partial charge in [0.25, 0.3) is 11.8 Å². The van der Waals surface area contributed by atoms with Gasteiger partial charge in [-0.2, -0.15) is 0 Å². The fraction of sp³-hybridized carbons (Fsp3) is 0.227. The van der Waals surface area contributed by atoms with Crippen LogP contribution >= 0.6 is 0 Å². The van der Waals surface area contributed by atoms with E-state index in [1.54, 1.807) is 41.5 Å². The van der Waals surface area contributed by atoms with Crippen LogP contribution < -0.4 is 10.2 Å². The lowest BCUT2D eigenvalue weighted by Gasteiger charge is -2.36. The van der Waals surface area contributed by atoms with E-state index in [4.69, 9.17) is 4.42 Å². The number of carbonyl (C=O) groups excluding carboxylic acids is 2. The molecule has 3 aromatic rings. The molecule has 1 fully saturated rings.